The van der Waals surface area contributed by atoms with Gasteiger partial charge in [0.05, 0.1) is 13.2 Å². The van der Waals surface area contributed by atoms with E-state index in [9.17, 15) is 4.79 Å². The number of aliphatic hydroxyl groups excluding tert-OH is 2. The van der Waals surface area contributed by atoms with Crippen LogP contribution in [0.25, 0.3) is 0 Å². The molecule has 0 aliphatic heterocycles. The zero-order valence-corrected chi connectivity index (χ0v) is 10.8. The Morgan fingerprint density at radius 3 is 1.88 bits per heavy atom. The van der Waals surface area contributed by atoms with Gasteiger partial charge in [-0.3, -0.25) is 4.79 Å². The van der Waals surface area contributed by atoms with E-state index in [4.69, 9.17) is 10.2 Å². The Morgan fingerprint density at radius 1 is 1.12 bits per heavy atom. The molecule has 0 heterocycles. The summed E-state index contributed by atoms with van der Waals surface area (Å²) in [7, 11) is 0. The molecule has 17 heavy (non-hydrogen) atoms. The molecule has 0 saturated heterocycles. The number of hydrogen-bond donors (Lipinski definition) is 2. The molecule has 0 aliphatic carbocycles. The van der Waals surface area contributed by atoms with Gasteiger partial charge >= 0.3 is 0 Å². The molecule has 0 radical (unpaired) electrons. The van der Waals surface area contributed by atoms with Crippen molar-refractivity contribution < 1.29 is 15.0 Å². The molecule has 1 aromatic rings. The molecule has 0 fully saturated rings. The fourth-order valence-electron chi connectivity index (χ4n) is 0.878. The zero-order valence-electron chi connectivity index (χ0n) is 10.8. The molecular formula is C14H22O3. The summed E-state index contributed by atoms with van der Waals surface area (Å²) in [5.74, 6) is 0.209. The molecule has 0 amide bonds. The zero-order chi connectivity index (χ0) is 13.3. The van der Waals surface area contributed by atoms with E-state index < -0.39 is 0 Å². The number of hydrogen-bond acceptors (Lipinski definition) is 3. The van der Waals surface area contributed by atoms with Crippen LogP contribution in [-0.2, 0) is 0 Å². The van der Waals surface area contributed by atoms with Gasteiger partial charge in [-0.1, -0.05) is 51.1 Å². The minimum atomic E-state index is -0.306. The Morgan fingerprint density at radius 2 is 1.59 bits per heavy atom. The van der Waals surface area contributed by atoms with Crippen molar-refractivity contribution >= 4 is 5.78 Å². The number of carbonyl (C=O) groups is 1. The van der Waals surface area contributed by atoms with Gasteiger partial charge in [0.1, 0.15) is 0 Å². The molecule has 96 valence electrons. The maximum absolute atomic E-state index is 11.0. The van der Waals surface area contributed by atoms with Crippen LogP contribution in [0.2, 0.25) is 0 Å². The second kappa shape index (κ2) is 7.98. The highest BCUT2D eigenvalue weighted by molar-refractivity contribution is 5.95. The van der Waals surface area contributed by atoms with Crippen molar-refractivity contribution in [3.63, 3.8) is 0 Å². The first-order valence-electron chi connectivity index (χ1n) is 5.77. The molecule has 3 heteroatoms. The van der Waals surface area contributed by atoms with Crippen LogP contribution in [0.1, 0.15) is 37.6 Å². The molecule has 0 unspecified atom stereocenters. The van der Waals surface area contributed by atoms with Crippen LogP contribution in [-0.4, -0.2) is 29.2 Å². The smallest absolute Gasteiger partial charge is 0.162 e. The normalized spacial score (nSPS) is 10.4. The van der Waals surface area contributed by atoms with Gasteiger partial charge in [-0.15, -0.1) is 0 Å². The third-order valence-electron chi connectivity index (χ3n) is 2.27. The third-order valence-corrected chi connectivity index (χ3v) is 2.27. The molecule has 0 aliphatic rings. The van der Waals surface area contributed by atoms with Gasteiger partial charge in [0.25, 0.3) is 0 Å². The van der Waals surface area contributed by atoms with Crippen molar-refractivity contribution in [1.29, 1.82) is 0 Å². The number of ketones is 1. The van der Waals surface area contributed by atoms with Gasteiger partial charge in [0.2, 0.25) is 0 Å². The second-order valence-electron chi connectivity index (χ2n) is 4.62. The van der Waals surface area contributed by atoms with Gasteiger partial charge in [-0.2, -0.15) is 0 Å². The Labute approximate surface area is 103 Å². The lowest BCUT2D eigenvalue weighted by atomic mass is 9.97. The van der Waals surface area contributed by atoms with Crippen LogP contribution in [0.4, 0.5) is 0 Å². The largest absolute Gasteiger partial charge is 0.396 e. The van der Waals surface area contributed by atoms with Crippen LogP contribution >= 0.6 is 0 Å². The molecule has 0 aromatic heterocycles. The van der Waals surface area contributed by atoms with E-state index in [-0.39, 0.29) is 24.4 Å². The Kier molecular flexibility index (Phi) is 7.42. The second-order valence-corrected chi connectivity index (χ2v) is 4.62. The lowest BCUT2D eigenvalue weighted by Crippen LogP contribution is -2.20. The first kappa shape index (κ1) is 15.8. The quantitative estimate of drug-likeness (QED) is 0.791. The van der Waals surface area contributed by atoms with Gasteiger partial charge in [-0.05, 0) is 0 Å². The van der Waals surface area contributed by atoms with Crippen LogP contribution in [0, 0.1) is 5.41 Å². The predicted molar refractivity (Wildman–Crippen MR) is 69.0 cm³/mol. The summed E-state index contributed by atoms with van der Waals surface area (Å²) >= 11 is 0. The van der Waals surface area contributed by atoms with E-state index in [1.165, 1.54) is 0 Å². The maximum atomic E-state index is 11.0. The first-order valence-corrected chi connectivity index (χ1v) is 5.77. The summed E-state index contributed by atoms with van der Waals surface area (Å²) in [5.41, 5.74) is 0.505. The monoisotopic (exact) mass is 238 g/mol. The molecule has 1 rings (SSSR count). The molecule has 0 spiro atoms. The van der Waals surface area contributed by atoms with Gasteiger partial charge in [0, 0.05) is 17.4 Å². The average Bonchev–Trinajstić information content (AvgIpc) is 2.39. The van der Waals surface area contributed by atoms with Crippen molar-refractivity contribution in [1.82, 2.24) is 0 Å². The lowest BCUT2D eigenvalue weighted by Gasteiger charge is -2.16. The number of benzene rings is 1. The average molecular weight is 238 g/mol. The van der Waals surface area contributed by atoms with Crippen molar-refractivity contribution in [2.24, 2.45) is 5.41 Å². The van der Waals surface area contributed by atoms with Crippen molar-refractivity contribution in [2.45, 2.75) is 27.2 Å². The number of aliphatic hydroxyl groups is 2. The van der Waals surface area contributed by atoms with E-state index in [0.717, 1.165) is 5.56 Å². The molecule has 0 bridgehead atoms. The lowest BCUT2D eigenvalue weighted by molar-refractivity contribution is 0.0857. The van der Waals surface area contributed by atoms with Crippen molar-refractivity contribution in [3.8, 4) is 0 Å². The summed E-state index contributed by atoms with van der Waals surface area (Å²) in [6.45, 7) is 5.56. The minimum Gasteiger partial charge on any atom is -0.396 e. The maximum Gasteiger partial charge on any atom is 0.162 e. The Balaban J connectivity index is 0.000000325. The van der Waals surface area contributed by atoms with Crippen LogP contribution in [0.5, 0.6) is 0 Å². The van der Waals surface area contributed by atoms with Crippen molar-refractivity contribution in [2.75, 3.05) is 13.2 Å². The molecule has 1 aromatic carbocycles. The fourth-order valence-corrected chi connectivity index (χ4v) is 0.878. The number of carbonyl (C=O) groups excluding carboxylic acids is 1. The minimum absolute atomic E-state index is 0.0451. The third kappa shape index (κ3) is 6.87. The highest BCUT2D eigenvalue weighted by atomic mass is 16.3. The summed E-state index contributed by atoms with van der Waals surface area (Å²) in [4.78, 5) is 11.0. The molecule has 0 saturated carbocycles. The highest BCUT2D eigenvalue weighted by Gasteiger charge is 2.13. The van der Waals surface area contributed by atoms with Gasteiger partial charge < -0.3 is 10.2 Å². The summed E-state index contributed by atoms with van der Waals surface area (Å²) in [6.07, 6.45) is 0.587. The molecule has 3 nitrogen and oxygen atoms in total. The number of rotatable bonds is 4. The van der Waals surface area contributed by atoms with Crippen LogP contribution in [0.15, 0.2) is 30.3 Å². The summed E-state index contributed by atoms with van der Waals surface area (Å²) in [5, 5.41) is 16.9. The Hall–Kier alpha value is -1.19. The molecular weight excluding hydrogens is 216 g/mol. The van der Waals surface area contributed by atoms with Crippen LogP contribution in [0.3, 0.4) is 0 Å². The van der Waals surface area contributed by atoms with E-state index in [0.29, 0.717) is 6.42 Å². The van der Waals surface area contributed by atoms with Crippen LogP contribution < -0.4 is 0 Å². The standard InChI is InChI=1S/C9H10O.C5H12O2/c1-2-9(10)8-6-4-3-5-7-8;1-5(2,3-6)4-7/h3-7H,2H2,1H3;6-7H,3-4H2,1-2H3. The van der Waals surface area contributed by atoms with Gasteiger partial charge in [-0.25, -0.2) is 0 Å². The van der Waals surface area contributed by atoms with E-state index in [1.54, 1.807) is 13.8 Å². The van der Waals surface area contributed by atoms with Crippen molar-refractivity contribution in [3.05, 3.63) is 35.9 Å². The fraction of sp³-hybridized carbons (Fsp3) is 0.500. The summed E-state index contributed by atoms with van der Waals surface area (Å²) < 4.78 is 0. The summed E-state index contributed by atoms with van der Waals surface area (Å²) in [6, 6.07) is 9.34. The topological polar surface area (TPSA) is 57.5 Å². The number of Topliss-reactive ketones (excluding diaryl/α,β-unsaturated/α-hetero) is 1. The van der Waals surface area contributed by atoms with E-state index in [2.05, 4.69) is 0 Å². The molecule has 0 atom stereocenters. The first-order chi connectivity index (χ1) is 7.96. The van der Waals surface area contributed by atoms with E-state index >= 15 is 0 Å². The highest BCUT2D eigenvalue weighted by Crippen LogP contribution is 2.10. The molecule has 2 N–H and O–H groups in total. The Bertz CT molecular complexity index is 311. The van der Waals surface area contributed by atoms with Gasteiger partial charge in [0.15, 0.2) is 5.78 Å². The van der Waals surface area contributed by atoms with E-state index in [1.807, 2.05) is 37.3 Å². The predicted octanol–water partition coefficient (Wildman–Crippen LogP) is 2.28. The SMILES string of the molecule is CC(C)(CO)CO.CCC(=O)c1ccccc1.